The van der Waals surface area contributed by atoms with E-state index in [1.165, 1.54) is 12.1 Å². The van der Waals surface area contributed by atoms with Crippen molar-refractivity contribution in [2.24, 2.45) is 0 Å². The molecule has 0 radical (unpaired) electrons. The molecule has 3 aromatic rings. The monoisotopic (exact) mass is 451 g/mol. The SMILES string of the molecule is Cc1ccc(S(=O)(=O)NCCC(=O)Nc2ccccc2C(=O)Nc2cccc(C)c2)cc1. The van der Waals surface area contributed by atoms with Gasteiger partial charge in [-0.25, -0.2) is 13.1 Å². The highest BCUT2D eigenvalue weighted by molar-refractivity contribution is 7.89. The number of sulfonamides is 1. The van der Waals surface area contributed by atoms with Crippen LogP contribution >= 0.6 is 0 Å². The molecule has 7 nitrogen and oxygen atoms in total. The third-order valence-corrected chi connectivity index (χ3v) is 6.17. The first-order chi connectivity index (χ1) is 15.2. The van der Waals surface area contributed by atoms with Crippen LogP contribution in [0.3, 0.4) is 0 Å². The summed E-state index contributed by atoms with van der Waals surface area (Å²) in [6, 6.07) is 20.5. The Morgan fingerprint density at radius 3 is 2.25 bits per heavy atom. The van der Waals surface area contributed by atoms with E-state index in [0.717, 1.165) is 11.1 Å². The zero-order valence-electron chi connectivity index (χ0n) is 17.9. The smallest absolute Gasteiger partial charge is 0.257 e. The standard InChI is InChI=1S/C24H25N3O4S/c1-17-10-12-20(13-11-17)32(30,31)25-15-14-23(28)27-22-9-4-3-8-21(22)24(29)26-19-7-5-6-18(2)16-19/h3-13,16,25H,14-15H2,1-2H3,(H,26,29)(H,27,28). The molecule has 0 aromatic heterocycles. The summed E-state index contributed by atoms with van der Waals surface area (Å²) < 4.78 is 27.1. The van der Waals surface area contributed by atoms with E-state index >= 15 is 0 Å². The maximum atomic E-state index is 12.7. The van der Waals surface area contributed by atoms with E-state index in [2.05, 4.69) is 15.4 Å². The van der Waals surface area contributed by atoms with Gasteiger partial charge in [0.2, 0.25) is 15.9 Å². The van der Waals surface area contributed by atoms with Crippen molar-refractivity contribution in [1.82, 2.24) is 4.72 Å². The minimum Gasteiger partial charge on any atom is -0.325 e. The minimum absolute atomic E-state index is 0.0697. The molecule has 0 spiro atoms. The van der Waals surface area contributed by atoms with Crippen molar-refractivity contribution >= 4 is 33.2 Å². The largest absolute Gasteiger partial charge is 0.325 e. The number of aryl methyl sites for hydroxylation is 2. The van der Waals surface area contributed by atoms with Crippen LogP contribution in [0.15, 0.2) is 77.7 Å². The lowest BCUT2D eigenvalue weighted by atomic mass is 10.1. The molecule has 166 valence electrons. The van der Waals surface area contributed by atoms with Gasteiger partial charge in [0, 0.05) is 18.7 Å². The second-order valence-electron chi connectivity index (χ2n) is 7.38. The fourth-order valence-corrected chi connectivity index (χ4v) is 4.06. The predicted octanol–water partition coefficient (Wildman–Crippen LogP) is 3.86. The van der Waals surface area contributed by atoms with Crippen LogP contribution < -0.4 is 15.4 Å². The highest BCUT2D eigenvalue weighted by Crippen LogP contribution is 2.18. The number of amides is 2. The Balaban J connectivity index is 1.59. The molecule has 3 N–H and O–H groups in total. The van der Waals surface area contributed by atoms with E-state index in [1.807, 2.05) is 32.0 Å². The van der Waals surface area contributed by atoms with Crippen LogP contribution in [0.2, 0.25) is 0 Å². The van der Waals surface area contributed by atoms with Gasteiger partial charge in [0.1, 0.15) is 0 Å². The van der Waals surface area contributed by atoms with Crippen molar-refractivity contribution in [2.45, 2.75) is 25.2 Å². The lowest BCUT2D eigenvalue weighted by Crippen LogP contribution is -2.28. The van der Waals surface area contributed by atoms with Gasteiger partial charge in [-0.2, -0.15) is 0 Å². The first-order valence-corrected chi connectivity index (χ1v) is 11.6. The molecule has 0 heterocycles. The molecule has 3 aromatic carbocycles. The molecule has 0 saturated heterocycles. The number of carbonyl (C=O) groups is 2. The molecule has 0 atom stereocenters. The zero-order chi connectivity index (χ0) is 23.1. The number of nitrogens with one attached hydrogen (secondary N) is 3. The molecule has 0 aliphatic carbocycles. The molecule has 0 aliphatic heterocycles. The first kappa shape index (κ1) is 23.2. The van der Waals surface area contributed by atoms with Gasteiger partial charge in [-0.3, -0.25) is 9.59 Å². The van der Waals surface area contributed by atoms with Crippen molar-refractivity contribution in [3.63, 3.8) is 0 Å². The predicted molar refractivity (Wildman–Crippen MR) is 125 cm³/mol. The van der Waals surface area contributed by atoms with Crippen molar-refractivity contribution < 1.29 is 18.0 Å². The number of rotatable bonds is 8. The van der Waals surface area contributed by atoms with Crippen LogP contribution in [-0.4, -0.2) is 26.8 Å². The normalized spacial score (nSPS) is 11.1. The van der Waals surface area contributed by atoms with E-state index in [4.69, 9.17) is 0 Å². The molecule has 8 heteroatoms. The van der Waals surface area contributed by atoms with E-state index < -0.39 is 15.9 Å². The van der Waals surface area contributed by atoms with Crippen molar-refractivity contribution in [3.8, 4) is 0 Å². The molecule has 0 unspecified atom stereocenters. The summed E-state index contributed by atoms with van der Waals surface area (Å²) in [6.07, 6.45) is -0.0844. The molecule has 0 fully saturated rings. The molecule has 0 saturated carbocycles. The Bertz CT molecular complexity index is 1220. The fraction of sp³-hybridized carbons (Fsp3) is 0.167. The molecular weight excluding hydrogens is 426 g/mol. The Kier molecular flexibility index (Phi) is 7.40. The topological polar surface area (TPSA) is 104 Å². The van der Waals surface area contributed by atoms with Gasteiger partial charge in [0.05, 0.1) is 16.1 Å². The van der Waals surface area contributed by atoms with Crippen molar-refractivity contribution in [2.75, 3.05) is 17.2 Å². The highest BCUT2D eigenvalue weighted by Gasteiger charge is 2.16. The molecule has 0 aliphatic rings. The Labute approximate surface area is 187 Å². The van der Waals surface area contributed by atoms with Crippen molar-refractivity contribution in [3.05, 3.63) is 89.5 Å². The number of anilines is 2. The summed E-state index contributed by atoms with van der Waals surface area (Å²) in [5.41, 5.74) is 3.28. The van der Waals surface area contributed by atoms with E-state index in [0.29, 0.717) is 16.9 Å². The lowest BCUT2D eigenvalue weighted by molar-refractivity contribution is -0.116. The van der Waals surface area contributed by atoms with Crippen LogP contribution in [-0.2, 0) is 14.8 Å². The van der Waals surface area contributed by atoms with Crippen LogP contribution in [0.1, 0.15) is 27.9 Å². The van der Waals surface area contributed by atoms with Gasteiger partial charge >= 0.3 is 0 Å². The Hall–Kier alpha value is -3.49. The molecule has 0 bridgehead atoms. The minimum atomic E-state index is -3.70. The second kappa shape index (κ2) is 10.2. The third kappa shape index (κ3) is 6.26. The third-order valence-electron chi connectivity index (χ3n) is 4.70. The summed E-state index contributed by atoms with van der Waals surface area (Å²) in [4.78, 5) is 25.2. The van der Waals surface area contributed by atoms with Crippen molar-refractivity contribution in [1.29, 1.82) is 0 Å². The Morgan fingerprint density at radius 1 is 0.812 bits per heavy atom. The van der Waals surface area contributed by atoms with Gasteiger partial charge in [-0.1, -0.05) is 42.0 Å². The van der Waals surface area contributed by atoms with E-state index in [9.17, 15) is 18.0 Å². The average molecular weight is 452 g/mol. The van der Waals surface area contributed by atoms with Gasteiger partial charge in [0.25, 0.3) is 5.91 Å². The summed E-state index contributed by atoms with van der Waals surface area (Å²) in [5.74, 6) is -0.765. The number of para-hydroxylation sites is 1. The van der Waals surface area contributed by atoms with E-state index in [1.54, 1.807) is 42.5 Å². The number of benzene rings is 3. The quantitative estimate of drug-likeness (QED) is 0.484. The summed E-state index contributed by atoms with van der Waals surface area (Å²) >= 11 is 0. The van der Waals surface area contributed by atoms with Gasteiger partial charge in [-0.15, -0.1) is 0 Å². The van der Waals surface area contributed by atoms with Gasteiger partial charge < -0.3 is 10.6 Å². The van der Waals surface area contributed by atoms with E-state index in [-0.39, 0.29) is 23.8 Å². The zero-order valence-corrected chi connectivity index (χ0v) is 18.7. The summed E-state index contributed by atoms with van der Waals surface area (Å²) in [5, 5.41) is 5.50. The highest BCUT2D eigenvalue weighted by atomic mass is 32.2. The molecule has 32 heavy (non-hydrogen) atoms. The maximum absolute atomic E-state index is 12.7. The summed E-state index contributed by atoms with van der Waals surface area (Å²) in [6.45, 7) is 3.73. The molecule has 3 rings (SSSR count). The van der Waals surface area contributed by atoms with Crippen LogP contribution in [0.25, 0.3) is 0 Å². The lowest BCUT2D eigenvalue weighted by Gasteiger charge is -2.12. The Morgan fingerprint density at radius 2 is 1.53 bits per heavy atom. The van der Waals surface area contributed by atoms with Gasteiger partial charge in [0.15, 0.2) is 0 Å². The second-order valence-corrected chi connectivity index (χ2v) is 9.15. The maximum Gasteiger partial charge on any atom is 0.257 e. The fourth-order valence-electron chi connectivity index (χ4n) is 3.02. The van der Waals surface area contributed by atoms with Crippen LogP contribution in [0.4, 0.5) is 11.4 Å². The van der Waals surface area contributed by atoms with Gasteiger partial charge in [-0.05, 0) is 55.8 Å². The van der Waals surface area contributed by atoms with Crippen LogP contribution in [0.5, 0.6) is 0 Å². The first-order valence-electron chi connectivity index (χ1n) is 10.1. The number of hydrogen-bond acceptors (Lipinski definition) is 4. The summed E-state index contributed by atoms with van der Waals surface area (Å²) in [7, 11) is -3.70. The average Bonchev–Trinajstić information content (AvgIpc) is 2.74. The van der Waals surface area contributed by atoms with Crippen LogP contribution in [0, 0.1) is 13.8 Å². The molecular formula is C24H25N3O4S. The molecule has 2 amide bonds. The number of hydrogen-bond donors (Lipinski definition) is 3. The number of carbonyl (C=O) groups excluding carboxylic acids is 2.